The first kappa shape index (κ1) is 20.3. The summed E-state index contributed by atoms with van der Waals surface area (Å²) in [7, 11) is 0. The number of carbonyl (C=O) groups excluding carboxylic acids is 1. The van der Waals surface area contributed by atoms with Gasteiger partial charge in [-0.3, -0.25) is 4.79 Å². The Hall–Kier alpha value is -4.00. The number of nitrogens with one attached hydrogen (secondary N) is 1. The molecule has 7 heteroatoms. The van der Waals surface area contributed by atoms with Crippen LogP contribution in [0.5, 0.6) is 0 Å². The molecule has 3 aromatic carbocycles. The van der Waals surface area contributed by atoms with E-state index in [1.165, 1.54) is 6.26 Å². The van der Waals surface area contributed by atoms with Crippen molar-refractivity contribution in [1.82, 2.24) is 10.3 Å². The Kier molecular flexibility index (Phi) is 5.49. The Bertz CT molecular complexity index is 1220. The van der Waals surface area contributed by atoms with E-state index >= 15 is 0 Å². The molecule has 1 heterocycles. The molecule has 0 radical (unpaired) electrons. The lowest BCUT2D eigenvalue weighted by atomic mass is 10.0. The average molecular weight is 419 g/mol. The Balaban J connectivity index is 1.52. The van der Waals surface area contributed by atoms with Crippen molar-refractivity contribution in [2.24, 2.45) is 0 Å². The predicted octanol–water partition coefficient (Wildman–Crippen LogP) is 5.36. The normalized spacial score (nSPS) is 11.8. The number of rotatable bonds is 5. The van der Waals surface area contributed by atoms with Crippen molar-refractivity contribution < 1.29 is 18.0 Å². The molecule has 4 aromatic rings. The quantitative estimate of drug-likeness (QED) is 0.427. The summed E-state index contributed by atoms with van der Waals surface area (Å²) < 4.78 is 32.9. The number of hydrogen-bond acceptors (Lipinski definition) is 4. The number of nitrogen functional groups attached to an aromatic ring is 1. The topological polar surface area (TPSA) is 81.2 Å². The van der Waals surface area contributed by atoms with Gasteiger partial charge in [-0.05, 0) is 47.9 Å². The summed E-state index contributed by atoms with van der Waals surface area (Å²) in [6.07, 6.45) is 1.25. The monoisotopic (exact) mass is 419 g/mol. The van der Waals surface area contributed by atoms with Gasteiger partial charge in [-0.15, -0.1) is 0 Å². The van der Waals surface area contributed by atoms with Gasteiger partial charge in [-0.2, -0.15) is 0 Å². The molecule has 156 valence electrons. The first-order chi connectivity index (χ1) is 14.9. The Morgan fingerprint density at radius 2 is 1.61 bits per heavy atom. The zero-order valence-electron chi connectivity index (χ0n) is 16.6. The van der Waals surface area contributed by atoms with Crippen molar-refractivity contribution in [2.45, 2.75) is 13.0 Å². The Morgan fingerprint density at radius 1 is 0.968 bits per heavy atom. The molecule has 1 aromatic heterocycles. The molecule has 0 aliphatic rings. The van der Waals surface area contributed by atoms with Crippen LogP contribution in [0.1, 0.15) is 29.0 Å². The summed E-state index contributed by atoms with van der Waals surface area (Å²) in [4.78, 5) is 16.8. The van der Waals surface area contributed by atoms with Crippen LogP contribution in [0.4, 0.5) is 14.5 Å². The zero-order valence-corrected chi connectivity index (χ0v) is 16.6. The minimum absolute atomic E-state index is 0.0587. The summed E-state index contributed by atoms with van der Waals surface area (Å²) in [6, 6.07) is 19.0. The third-order valence-electron chi connectivity index (χ3n) is 4.90. The molecule has 0 fully saturated rings. The van der Waals surface area contributed by atoms with E-state index in [9.17, 15) is 13.6 Å². The molecule has 0 saturated heterocycles. The van der Waals surface area contributed by atoms with Crippen LogP contribution in [0.25, 0.3) is 22.6 Å². The molecule has 0 aliphatic carbocycles. The van der Waals surface area contributed by atoms with Crippen molar-refractivity contribution in [3.8, 4) is 22.6 Å². The van der Waals surface area contributed by atoms with Gasteiger partial charge >= 0.3 is 0 Å². The number of oxazole rings is 1. The summed E-state index contributed by atoms with van der Waals surface area (Å²) >= 11 is 0. The Morgan fingerprint density at radius 3 is 2.32 bits per heavy atom. The SMILES string of the molecule is C[C@@H](NC(=O)c1coc(-c2cccc(-c3ccccc3)c2)n1)c1cc(F)c(N)c(F)c1. The largest absolute Gasteiger partial charge is 0.444 e. The fraction of sp³-hybridized carbons (Fsp3) is 0.0833. The van der Waals surface area contributed by atoms with Gasteiger partial charge in [0.05, 0.1) is 6.04 Å². The smallest absolute Gasteiger partial charge is 0.273 e. The van der Waals surface area contributed by atoms with Crippen molar-refractivity contribution in [3.63, 3.8) is 0 Å². The molecule has 0 unspecified atom stereocenters. The Labute approximate surface area is 177 Å². The molecule has 3 N–H and O–H groups in total. The van der Waals surface area contributed by atoms with Gasteiger partial charge in [-0.1, -0.05) is 42.5 Å². The lowest BCUT2D eigenvalue weighted by Crippen LogP contribution is -2.27. The van der Waals surface area contributed by atoms with E-state index in [0.29, 0.717) is 5.89 Å². The molecule has 0 saturated carbocycles. The van der Waals surface area contributed by atoms with Gasteiger partial charge in [0.25, 0.3) is 5.91 Å². The van der Waals surface area contributed by atoms with Gasteiger partial charge in [0.15, 0.2) is 5.69 Å². The third kappa shape index (κ3) is 4.30. The average Bonchev–Trinajstić information content (AvgIpc) is 3.28. The van der Waals surface area contributed by atoms with Crippen LogP contribution in [-0.2, 0) is 0 Å². The number of carbonyl (C=O) groups is 1. The standard InChI is InChI=1S/C24H19F2N3O2/c1-14(18-11-19(25)22(27)20(26)12-18)28-23(30)21-13-31-24(29-21)17-9-5-8-16(10-17)15-6-3-2-4-7-15/h2-14H,27H2,1H3,(H,28,30)/t14-/m1/s1. The molecule has 4 rings (SSSR count). The highest BCUT2D eigenvalue weighted by Crippen LogP contribution is 2.26. The maximum atomic E-state index is 13.7. The van der Waals surface area contributed by atoms with Crippen LogP contribution in [0.3, 0.4) is 0 Å². The van der Waals surface area contributed by atoms with Crippen LogP contribution in [0.2, 0.25) is 0 Å². The van der Waals surface area contributed by atoms with E-state index in [4.69, 9.17) is 10.2 Å². The molecular formula is C24H19F2N3O2. The molecule has 5 nitrogen and oxygen atoms in total. The number of nitrogens with zero attached hydrogens (tertiary/aromatic N) is 1. The van der Waals surface area contributed by atoms with E-state index in [2.05, 4.69) is 10.3 Å². The number of aromatic nitrogens is 1. The van der Waals surface area contributed by atoms with Crippen LogP contribution in [0.15, 0.2) is 77.4 Å². The second kappa shape index (κ2) is 8.39. The van der Waals surface area contributed by atoms with E-state index < -0.39 is 29.3 Å². The number of anilines is 1. The van der Waals surface area contributed by atoms with Crippen LogP contribution >= 0.6 is 0 Å². The molecule has 31 heavy (non-hydrogen) atoms. The number of hydrogen-bond donors (Lipinski definition) is 2. The first-order valence-corrected chi connectivity index (χ1v) is 9.59. The maximum absolute atomic E-state index is 13.7. The van der Waals surface area contributed by atoms with Gasteiger partial charge in [0.2, 0.25) is 5.89 Å². The number of amides is 1. The van der Waals surface area contributed by atoms with Crippen molar-refractivity contribution >= 4 is 11.6 Å². The second-order valence-corrected chi connectivity index (χ2v) is 7.08. The minimum atomic E-state index is -0.877. The first-order valence-electron chi connectivity index (χ1n) is 9.59. The molecule has 1 amide bonds. The van der Waals surface area contributed by atoms with E-state index in [1.54, 1.807) is 6.92 Å². The number of halogens is 2. The second-order valence-electron chi connectivity index (χ2n) is 7.08. The van der Waals surface area contributed by atoms with Gasteiger partial charge in [-0.25, -0.2) is 13.8 Å². The lowest BCUT2D eigenvalue weighted by Gasteiger charge is -2.14. The molecule has 0 bridgehead atoms. The molecular weight excluding hydrogens is 400 g/mol. The van der Waals surface area contributed by atoms with Gasteiger partial charge in [0.1, 0.15) is 23.6 Å². The zero-order chi connectivity index (χ0) is 22.0. The highest BCUT2D eigenvalue weighted by Gasteiger charge is 2.18. The van der Waals surface area contributed by atoms with Crippen molar-refractivity contribution in [2.75, 3.05) is 5.73 Å². The van der Waals surface area contributed by atoms with Crippen LogP contribution in [0, 0.1) is 11.6 Å². The van der Waals surface area contributed by atoms with Crippen molar-refractivity contribution in [3.05, 3.63) is 95.9 Å². The minimum Gasteiger partial charge on any atom is -0.444 e. The van der Waals surface area contributed by atoms with Gasteiger partial charge < -0.3 is 15.5 Å². The van der Waals surface area contributed by atoms with E-state index in [0.717, 1.165) is 28.8 Å². The van der Waals surface area contributed by atoms with Gasteiger partial charge in [0, 0.05) is 5.56 Å². The highest BCUT2D eigenvalue weighted by molar-refractivity contribution is 5.92. The summed E-state index contributed by atoms with van der Waals surface area (Å²) in [6.45, 7) is 1.60. The highest BCUT2D eigenvalue weighted by atomic mass is 19.1. The molecule has 0 spiro atoms. The lowest BCUT2D eigenvalue weighted by molar-refractivity contribution is 0.0934. The molecule has 1 atom stereocenters. The fourth-order valence-corrected chi connectivity index (χ4v) is 3.18. The number of nitrogens with two attached hydrogens (primary N) is 1. The maximum Gasteiger partial charge on any atom is 0.273 e. The van der Waals surface area contributed by atoms with Crippen molar-refractivity contribution in [1.29, 1.82) is 0 Å². The number of benzene rings is 3. The summed E-state index contributed by atoms with van der Waals surface area (Å²) in [5.41, 5.74) is 7.80. The van der Waals surface area contributed by atoms with Crippen LogP contribution < -0.4 is 11.1 Å². The predicted molar refractivity (Wildman–Crippen MR) is 114 cm³/mol. The van der Waals surface area contributed by atoms with Crippen LogP contribution in [-0.4, -0.2) is 10.9 Å². The van der Waals surface area contributed by atoms with E-state index in [-0.39, 0.29) is 11.3 Å². The fourth-order valence-electron chi connectivity index (χ4n) is 3.18. The molecule has 0 aliphatic heterocycles. The van der Waals surface area contributed by atoms with E-state index in [1.807, 2.05) is 54.6 Å². The third-order valence-corrected chi connectivity index (χ3v) is 4.90. The summed E-state index contributed by atoms with van der Waals surface area (Å²) in [5.74, 6) is -1.99. The summed E-state index contributed by atoms with van der Waals surface area (Å²) in [5, 5.41) is 2.65.